The summed E-state index contributed by atoms with van der Waals surface area (Å²) in [6.45, 7) is 1.61. The molecular formula is C38H43FN6O7S. The normalized spacial score (nSPS) is 27.9. The van der Waals surface area contributed by atoms with E-state index in [0.29, 0.717) is 54.5 Å². The summed E-state index contributed by atoms with van der Waals surface area (Å²) in [5.41, 5.74) is 0.479. The van der Waals surface area contributed by atoms with Gasteiger partial charge in [-0.1, -0.05) is 43.2 Å². The second-order valence-electron chi connectivity index (χ2n) is 15.1. The largest absolute Gasteiger partial charge is 0.444 e. The molecule has 3 aliphatic heterocycles. The summed E-state index contributed by atoms with van der Waals surface area (Å²) in [6.07, 6.45) is 6.49. The Labute approximate surface area is 308 Å². The van der Waals surface area contributed by atoms with E-state index in [1.807, 2.05) is 12.2 Å². The summed E-state index contributed by atoms with van der Waals surface area (Å²) < 4.78 is 47.7. The van der Waals surface area contributed by atoms with Crippen LogP contribution in [-0.2, 0) is 42.2 Å². The van der Waals surface area contributed by atoms with E-state index in [1.165, 1.54) is 15.9 Å². The number of sulfonamides is 1. The highest BCUT2D eigenvalue weighted by Crippen LogP contribution is 2.47. The van der Waals surface area contributed by atoms with Crippen LogP contribution in [0.2, 0.25) is 0 Å². The maximum Gasteiger partial charge on any atom is 0.410 e. The van der Waals surface area contributed by atoms with Crippen LogP contribution in [0.15, 0.2) is 54.6 Å². The molecule has 3 fully saturated rings. The Balaban J connectivity index is 1.16. The number of anilines is 1. The van der Waals surface area contributed by atoms with Gasteiger partial charge in [0.1, 0.15) is 29.5 Å². The molecule has 2 aliphatic carbocycles. The van der Waals surface area contributed by atoms with Crippen molar-refractivity contribution in [3.05, 3.63) is 77.1 Å². The number of hydrogen-bond acceptors (Lipinski definition) is 9. The van der Waals surface area contributed by atoms with Crippen LogP contribution in [0.25, 0.3) is 0 Å². The molecule has 0 spiro atoms. The molecular weight excluding hydrogens is 704 g/mol. The molecule has 15 heteroatoms. The number of ether oxygens (including phenoxy) is 1. The van der Waals surface area contributed by atoms with Crippen LogP contribution in [0.1, 0.15) is 81.4 Å². The number of halogens is 1. The predicted octanol–water partition coefficient (Wildman–Crippen LogP) is 3.99. The monoisotopic (exact) mass is 746 g/mol. The van der Waals surface area contributed by atoms with Crippen molar-refractivity contribution in [2.24, 2.45) is 5.92 Å². The van der Waals surface area contributed by atoms with Gasteiger partial charge in [0.15, 0.2) is 0 Å². The van der Waals surface area contributed by atoms with Crippen molar-refractivity contribution in [3.8, 4) is 6.07 Å². The van der Waals surface area contributed by atoms with E-state index >= 15 is 0 Å². The summed E-state index contributed by atoms with van der Waals surface area (Å²) in [4.78, 5) is 58.7. The first kappa shape index (κ1) is 36.4. The molecule has 0 bridgehead atoms. The van der Waals surface area contributed by atoms with Gasteiger partial charge >= 0.3 is 6.09 Å². The fourth-order valence-corrected chi connectivity index (χ4v) is 8.87. The highest BCUT2D eigenvalue weighted by atomic mass is 32.2. The highest BCUT2D eigenvalue weighted by molar-refractivity contribution is 7.91. The van der Waals surface area contributed by atoms with Crippen molar-refractivity contribution in [1.29, 1.82) is 5.26 Å². The van der Waals surface area contributed by atoms with Gasteiger partial charge in [-0.25, -0.2) is 17.6 Å². The third kappa shape index (κ3) is 7.33. The molecule has 53 heavy (non-hydrogen) atoms. The van der Waals surface area contributed by atoms with E-state index in [1.54, 1.807) is 43.3 Å². The summed E-state index contributed by atoms with van der Waals surface area (Å²) in [7, 11) is -4.00. The summed E-state index contributed by atoms with van der Waals surface area (Å²) in [5, 5.41) is 15.6. The zero-order valence-electron chi connectivity index (χ0n) is 29.5. The van der Waals surface area contributed by atoms with E-state index in [-0.39, 0.29) is 32.5 Å². The number of hydrogen-bond donors (Lipinski definition) is 3. The van der Waals surface area contributed by atoms with E-state index in [0.717, 1.165) is 12.8 Å². The Morgan fingerprint density at radius 2 is 1.89 bits per heavy atom. The minimum Gasteiger partial charge on any atom is -0.444 e. The predicted molar refractivity (Wildman–Crippen MR) is 191 cm³/mol. The lowest BCUT2D eigenvalue weighted by atomic mass is 10.0. The minimum atomic E-state index is -4.00. The van der Waals surface area contributed by atoms with Crippen molar-refractivity contribution in [2.75, 3.05) is 11.9 Å². The van der Waals surface area contributed by atoms with Gasteiger partial charge in [0.25, 0.3) is 5.91 Å². The van der Waals surface area contributed by atoms with Crippen LogP contribution in [0, 0.1) is 23.1 Å². The number of allylic oxidation sites excluding steroid dienone is 1. The van der Waals surface area contributed by atoms with Crippen molar-refractivity contribution >= 4 is 39.5 Å². The van der Waals surface area contributed by atoms with E-state index in [2.05, 4.69) is 21.4 Å². The van der Waals surface area contributed by atoms with Gasteiger partial charge in [-0.05, 0) is 75.3 Å². The molecule has 5 atom stereocenters. The smallest absolute Gasteiger partial charge is 0.410 e. The second kappa shape index (κ2) is 14.1. The van der Waals surface area contributed by atoms with E-state index in [4.69, 9.17) is 4.74 Å². The molecule has 5 aliphatic rings. The van der Waals surface area contributed by atoms with Gasteiger partial charge in [0, 0.05) is 30.1 Å². The van der Waals surface area contributed by atoms with Crippen LogP contribution >= 0.6 is 0 Å². The van der Waals surface area contributed by atoms with Crippen LogP contribution in [-0.4, -0.2) is 77.1 Å². The molecule has 2 aromatic carbocycles. The maximum absolute atomic E-state index is 14.5. The molecule has 3 heterocycles. The first-order valence-corrected chi connectivity index (χ1v) is 19.7. The molecule has 1 saturated heterocycles. The number of amides is 4. The quantitative estimate of drug-likeness (QED) is 0.369. The Hall–Kier alpha value is -4.97. The van der Waals surface area contributed by atoms with E-state index in [9.17, 15) is 37.2 Å². The number of fused-ring (bicyclic) bond motifs is 3. The van der Waals surface area contributed by atoms with Gasteiger partial charge < -0.3 is 20.3 Å². The third-order valence-corrected chi connectivity index (χ3v) is 13.4. The van der Waals surface area contributed by atoms with Crippen molar-refractivity contribution < 1.29 is 36.7 Å². The molecule has 4 amide bonds. The van der Waals surface area contributed by atoms with Crippen molar-refractivity contribution in [2.45, 2.75) is 106 Å². The second-order valence-corrected chi connectivity index (χ2v) is 17.3. The minimum absolute atomic E-state index is 0.0162. The van der Waals surface area contributed by atoms with Crippen LogP contribution in [0.4, 0.5) is 14.9 Å². The lowest BCUT2D eigenvalue weighted by Gasteiger charge is -2.30. The van der Waals surface area contributed by atoms with Gasteiger partial charge in [-0.2, -0.15) is 5.26 Å². The number of carbonyl (C=O) groups is 4. The zero-order valence-corrected chi connectivity index (χ0v) is 30.3. The number of carbonyl (C=O) groups excluding carboxylic acids is 4. The van der Waals surface area contributed by atoms with Crippen LogP contribution in [0.5, 0.6) is 0 Å². The topological polar surface area (TPSA) is 178 Å². The van der Waals surface area contributed by atoms with Crippen molar-refractivity contribution in [3.63, 3.8) is 0 Å². The first-order valence-electron chi connectivity index (χ1n) is 18.2. The summed E-state index contributed by atoms with van der Waals surface area (Å²) in [6, 6.07) is 11.5. The number of nitriles is 1. The fourth-order valence-electron chi connectivity index (χ4n) is 7.55. The van der Waals surface area contributed by atoms with Crippen molar-refractivity contribution in [1.82, 2.24) is 19.8 Å². The molecule has 0 radical (unpaired) electrons. The number of rotatable bonds is 6. The molecule has 13 nitrogen and oxygen atoms in total. The van der Waals surface area contributed by atoms with Gasteiger partial charge in [-0.3, -0.25) is 24.0 Å². The molecule has 2 saturated carbocycles. The standard InChI is InChI=1S/C38H43FN6O7S/c1-37(15-16-37)53(50,51)43-35(48)38-19-26(38)11-5-3-2-4-6-14-31(41-27-12-7-9-24(17-27)20-40)34(47)45-22-28(18-32(45)33(46)42-38)52-36(49)44-21-25-10-8-13-30(39)29(25)23-44/h5,7-13,17,26,28,31-32,41H,2-4,6,14-16,18-19,21-23H2,1H3,(H,42,46)(H,43,48)/t26-,28+,31-,32-,38+/m0/s1. The summed E-state index contributed by atoms with van der Waals surface area (Å²) in [5.74, 6) is -2.80. The fraction of sp³-hybridized carbons (Fsp3) is 0.500. The zero-order chi connectivity index (χ0) is 37.5. The molecule has 2 aromatic rings. The maximum atomic E-state index is 14.5. The molecule has 7 rings (SSSR count). The Kier molecular flexibility index (Phi) is 9.69. The van der Waals surface area contributed by atoms with Crippen LogP contribution < -0.4 is 15.4 Å². The molecule has 0 unspecified atom stereocenters. The summed E-state index contributed by atoms with van der Waals surface area (Å²) >= 11 is 0. The lowest BCUT2D eigenvalue weighted by molar-refractivity contribution is -0.140. The highest BCUT2D eigenvalue weighted by Gasteiger charge is 2.63. The van der Waals surface area contributed by atoms with Gasteiger partial charge in [0.05, 0.1) is 29.5 Å². The molecule has 3 N–H and O–H groups in total. The SMILES string of the molecule is CC1(S(=O)(=O)NC(=O)[C@@]23C[C@@H]2C=CCCCCC[C@H](Nc2cccc(C#N)c2)C(=O)N2C[C@H](OC(=O)N4Cc5cccc(F)c5C4)C[C@H]2C(=O)N3)CC1. The Morgan fingerprint density at radius 3 is 2.64 bits per heavy atom. The van der Waals surface area contributed by atoms with Gasteiger partial charge in [0.2, 0.25) is 21.8 Å². The average Bonchev–Trinajstić information content (AvgIpc) is 3.92. The lowest BCUT2D eigenvalue weighted by Crippen LogP contribution is -2.58. The molecule has 280 valence electrons. The van der Waals surface area contributed by atoms with Gasteiger partial charge in [-0.15, -0.1) is 0 Å². The number of benzene rings is 2. The number of nitrogens with one attached hydrogen (secondary N) is 3. The number of nitrogens with zero attached hydrogens (tertiary/aromatic N) is 3. The van der Waals surface area contributed by atoms with Crippen LogP contribution in [0.3, 0.4) is 0 Å². The first-order chi connectivity index (χ1) is 25.3. The third-order valence-electron chi connectivity index (χ3n) is 11.3. The molecule has 0 aromatic heterocycles. The average molecular weight is 747 g/mol. The Bertz CT molecular complexity index is 2010. The van der Waals surface area contributed by atoms with E-state index < -0.39 is 74.0 Å². The Morgan fingerprint density at radius 1 is 1.09 bits per heavy atom.